The summed E-state index contributed by atoms with van der Waals surface area (Å²) in [6.45, 7) is 9.55. The Labute approximate surface area is 103 Å². The van der Waals surface area contributed by atoms with Crippen molar-refractivity contribution >= 4 is 16.8 Å². The highest BCUT2D eigenvalue weighted by Gasteiger charge is 2.36. The number of hydrogen-bond donors (Lipinski definition) is 0. The van der Waals surface area contributed by atoms with Crippen LogP contribution >= 0.6 is 11.8 Å². The predicted octanol–water partition coefficient (Wildman–Crippen LogP) is 3.39. The molecule has 0 amide bonds. The molecule has 0 radical (unpaired) electrons. The minimum atomic E-state index is 0.691. The van der Waals surface area contributed by atoms with Gasteiger partial charge in [-0.1, -0.05) is 37.4 Å². The molecule has 2 rings (SSSR count). The molecule has 0 aromatic heterocycles. The maximum absolute atomic E-state index is 3.84. The molecule has 2 heterocycles. The van der Waals surface area contributed by atoms with E-state index in [-0.39, 0.29) is 0 Å². The highest BCUT2D eigenvalue weighted by molar-refractivity contribution is 8.14. The molecule has 0 saturated carbocycles. The van der Waals surface area contributed by atoms with Crippen molar-refractivity contribution in [2.75, 3.05) is 12.3 Å². The molecule has 86 valence electrons. The van der Waals surface area contributed by atoms with E-state index in [1.54, 1.807) is 0 Å². The van der Waals surface area contributed by atoms with Gasteiger partial charge in [-0.25, -0.2) is 4.58 Å². The van der Waals surface area contributed by atoms with Gasteiger partial charge >= 0.3 is 0 Å². The van der Waals surface area contributed by atoms with Gasteiger partial charge in [0.25, 0.3) is 0 Å². The van der Waals surface area contributed by atoms with Crippen LogP contribution in [0.3, 0.4) is 0 Å². The van der Waals surface area contributed by atoms with Gasteiger partial charge < -0.3 is 0 Å². The van der Waals surface area contributed by atoms with Crippen LogP contribution in [-0.4, -0.2) is 28.0 Å². The number of rotatable bonds is 2. The lowest BCUT2D eigenvalue weighted by atomic mass is 9.98. The third-order valence-electron chi connectivity index (χ3n) is 3.19. The summed E-state index contributed by atoms with van der Waals surface area (Å²) in [6, 6.07) is 0.691. The van der Waals surface area contributed by atoms with Crippen molar-refractivity contribution in [1.82, 2.24) is 0 Å². The topological polar surface area (TPSA) is 3.01 Å². The molecule has 1 nitrogen and oxygen atoms in total. The van der Waals surface area contributed by atoms with E-state index in [9.17, 15) is 0 Å². The van der Waals surface area contributed by atoms with Gasteiger partial charge in [0.15, 0.2) is 6.04 Å². The van der Waals surface area contributed by atoms with Gasteiger partial charge in [0.1, 0.15) is 6.54 Å². The van der Waals surface area contributed by atoms with Gasteiger partial charge in [0.2, 0.25) is 5.04 Å². The van der Waals surface area contributed by atoms with Crippen molar-refractivity contribution in [3.05, 3.63) is 36.0 Å². The summed E-state index contributed by atoms with van der Waals surface area (Å²) in [5.74, 6) is 1.23. The number of hydrogen-bond acceptors (Lipinski definition) is 1. The first-order chi connectivity index (χ1) is 7.77. The molecule has 1 unspecified atom stereocenters. The molecule has 0 fully saturated rings. The zero-order valence-corrected chi connectivity index (χ0v) is 11.0. The minimum absolute atomic E-state index is 0.691. The zero-order chi connectivity index (χ0) is 11.5. The van der Waals surface area contributed by atoms with Gasteiger partial charge in [-0.2, -0.15) is 0 Å². The lowest BCUT2D eigenvalue weighted by molar-refractivity contribution is -0.552. The van der Waals surface area contributed by atoms with E-state index in [0.717, 1.165) is 6.42 Å². The molecule has 2 heteroatoms. The van der Waals surface area contributed by atoms with Crippen LogP contribution in [-0.2, 0) is 0 Å². The highest BCUT2D eigenvalue weighted by atomic mass is 32.2. The quantitative estimate of drug-likeness (QED) is 0.662. The zero-order valence-electron chi connectivity index (χ0n) is 10.2. The van der Waals surface area contributed by atoms with Gasteiger partial charge in [0, 0.05) is 6.42 Å². The number of allylic oxidation sites excluding steroid dienone is 3. The third kappa shape index (κ3) is 2.03. The van der Waals surface area contributed by atoms with E-state index in [1.807, 2.05) is 17.8 Å². The molecular formula is C14H20NS+. The predicted molar refractivity (Wildman–Crippen MR) is 73.3 cm³/mol. The lowest BCUT2D eigenvalue weighted by Crippen LogP contribution is -2.29. The number of thioether (sulfide) groups is 1. The molecule has 0 aliphatic carbocycles. The van der Waals surface area contributed by atoms with Crippen LogP contribution in [0.4, 0.5) is 0 Å². The van der Waals surface area contributed by atoms with Crippen molar-refractivity contribution in [1.29, 1.82) is 0 Å². The highest BCUT2D eigenvalue weighted by Crippen LogP contribution is 2.32. The summed E-state index contributed by atoms with van der Waals surface area (Å²) < 4.78 is 2.55. The van der Waals surface area contributed by atoms with Crippen LogP contribution in [0.1, 0.15) is 26.7 Å². The van der Waals surface area contributed by atoms with Crippen LogP contribution < -0.4 is 0 Å². The van der Waals surface area contributed by atoms with Crippen LogP contribution in [0.2, 0.25) is 0 Å². The lowest BCUT2D eigenvalue weighted by Gasteiger charge is -2.17. The van der Waals surface area contributed by atoms with Gasteiger partial charge in [0.05, 0.1) is 11.3 Å². The largest absolute Gasteiger partial charge is 0.242 e. The van der Waals surface area contributed by atoms with Crippen molar-refractivity contribution < 1.29 is 4.58 Å². The van der Waals surface area contributed by atoms with Crippen LogP contribution in [0, 0.1) is 0 Å². The normalized spacial score (nSPS) is 30.0. The van der Waals surface area contributed by atoms with Crippen molar-refractivity contribution in [3.63, 3.8) is 0 Å². The molecule has 0 aromatic carbocycles. The van der Waals surface area contributed by atoms with Crippen LogP contribution in [0.15, 0.2) is 36.0 Å². The van der Waals surface area contributed by atoms with E-state index in [4.69, 9.17) is 0 Å². The van der Waals surface area contributed by atoms with Gasteiger partial charge in [-0.05, 0) is 25.0 Å². The average Bonchev–Trinajstić information content (AvgIpc) is 2.65. The van der Waals surface area contributed by atoms with E-state index in [2.05, 4.69) is 37.2 Å². The second-order valence-electron chi connectivity index (χ2n) is 4.36. The Balaban J connectivity index is 2.41. The van der Waals surface area contributed by atoms with Crippen LogP contribution in [0.5, 0.6) is 0 Å². The first-order valence-corrected chi connectivity index (χ1v) is 7.05. The fourth-order valence-electron chi connectivity index (χ4n) is 2.39. The average molecular weight is 234 g/mol. The summed E-state index contributed by atoms with van der Waals surface area (Å²) in [6.07, 6.45) is 8.76. The number of nitrogens with zero attached hydrogens (tertiary/aromatic N) is 1. The molecule has 0 bridgehead atoms. The molecule has 0 spiro atoms. The second-order valence-corrected chi connectivity index (χ2v) is 5.37. The summed E-state index contributed by atoms with van der Waals surface area (Å²) in [5, 5.41) is 1.47. The fraction of sp³-hybridized carbons (Fsp3) is 0.500. The second kappa shape index (κ2) is 5.05. The summed E-state index contributed by atoms with van der Waals surface area (Å²) >= 11 is 2.00. The SMILES string of the molecule is C=C/C=C1/C2=[N+](CC/C1=C/CC)C(C)CS2. The molecule has 1 atom stereocenters. The third-order valence-corrected chi connectivity index (χ3v) is 4.56. The molecular weight excluding hydrogens is 214 g/mol. The maximum Gasteiger partial charge on any atom is 0.242 e. The smallest absolute Gasteiger partial charge is 0.220 e. The fourth-order valence-corrected chi connectivity index (χ4v) is 3.77. The monoisotopic (exact) mass is 234 g/mol. The Bertz CT molecular complexity index is 388. The Hall–Kier alpha value is -0.760. The van der Waals surface area contributed by atoms with Gasteiger partial charge in [-0.3, -0.25) is 0 Å². The molecule has 0 N–H and O–H groups in total. The molecule has 2 aliphatic rings. The first-order valence-electron chi connectivity index (χ1n) is 6.06. The van der Waals surface area contributed by atoms with Crippen molar-refractivity contribution in [2.24, 2.45) is 0 Å². The Morgan fingerprint density at radius 1 is 1.56 bits per heavy atom. The van der Waals surface area contributed by atoms with E-state index >= 15 is 0 Å². The summed E-state index contributed by atoms with van der Waals surface area (Å²) in [4.78, 5) is 0. The Kier molecular flexibility index (Phi) is 3.70. The first kappa shape index (κ1) is 11.7. The minimum Gasteiger partial charge on any atom is -0.220 e. The van der Waals surface area contributed by atoms with E-state index in [0.29, 0.717) is 6.04 Å². The molecule has 0 aromatic rings. The van der Waals surface area contributed by atoms with E-state index in [1.165, 1.54) is 34.9 Å². The summed E-state index contributed by atoms with van der Waals surface area (Å²) in [5.41, 5.74) is 2.92. The van der Waals surface area contributed by atoms with Gasteiger partial charge in [-0.15, -0.1) is 0 Å². The van der Waals surface area contributed by atoms with Crippen molar-refractivity contribution in [3.8, 4) is 0 Å². The summed E-state index contributed by atoms with van der Waals surface area (Å²) in [7, 11) is 0. The van der Waals surface area contributed by atoms with E-state index < -0.39 is 0 Å². The molecule has 2 aliphatic heterocycles. The van der Waals surface area contributed by atoms with Crippen molar-refractivity contribution in [2.45, 2.75) is 32.7 Å². The molecule has 16 heavy (non-hydrogen) atoms. The standard InChI is InChI=1S/C14H20NS/c1-4-6-12-8-9-15-11(3)10-16-14(15)13(12)7-5-2/h5-7,11H,2,4,8-10H2,1,3H3/q+1/b12-6-,13-7+. The maximum atomic E-state index is 3.84. The molecule has 0 saturated heterocycles. The Morgan fingerprint density at radius 2 is 2.38 bits per heavy atom. The van der Waals surface area contributed by atoms with Crippen LogP contribution in [0.25, 0.3) is 0 Å². The Morgan fingerprint density at radius 3 is 3.06 bits per heavy atom.